The Balaban J connectivity index is 2.61. The summed E-state index contributed by atoms with van der Waals surface area (Å²) in [6, 6.07) is 0. The van der Waals surface area contributed by atoms with Crippen molar-refractivity contribution >= 4 is 12.1 Å². The fraction of sp³-hybridized carbons (Fsp3) is 0.818. The SMILES string of the molecule is CCOC(=O)OC(OC(C)=O)C1CCC(F)(F)C1. The third-order valence-corrected chi connectivity index (χ3v) is 2.58. The van der Waals surface area contributed by atoms with E-state index in [0.29, 0.717) is 0 Å². The van der Waals surface area contributed by atoms with E-state index in [1.165, 1.54) is 0 Å². The van der Waals surface area contributed by atoms with Crippen molar-refractivity contribution in [3.8, 4) is 0 Å². The summed E-state index contributed by atoms with van der Waals surface area (Å²) in [6.07, 6.45) is -2.98. The maximum atomic E-state index is 13.1. The minimum atomic E-state index is -2.80. The van der Waals surface area contributed by atoms with Crippen LogP contribution in [0.4, 0.5) is 13.6 Å². The Morgan fingerprint density at radius 2 is 2.06 bits per heavy atom. The van der Waals surface area contributed by atoms with Crippen molar-refractivity contribution in [1.29, 1.82) is 0 Å². The lowest BCUT2D eigenvalue weighted by Gasteiger charge is -2.22. The third kappa shape index (κ3) is 4.46. The van der Waals surface area contributed by atoms with Crippen molar-refractivity contribution in [1.82, 2.24) is 0 Å². The predicted molar refractivity (Wildman–Crippen MR) is 55.9 cm³/mol. The van der Waals surface area contributed by atoms with Crippen LogP contribution in [-0.4, -0.2) is 30.9 Å². The van der Waals surface area contributed by atoms with Crippen LogP contribution in [0.1, 0.15) is 33.1 Å². The molecule has 0 aromatic heterocycles. The Morgan fingerprint density at radius 1 is 1.39 bits per heavy atom. The highest BCUT2D eigenvalue weighted by molar-refractivity contribution is 5.66. The minimum absolute atomic E-state index is 0.0897. The van der Waals surface area contributed by atoms with Gasteiger partial charge in [0.05, 0.1) is 6.61 Å². The lowest BCUT2D eigenvalue weighted by molar-refractivity contribution is -0.180. The van der Waals surface area contributed by atoms with Crippen LogP contribution in [0.5, 0.6) is 0 Å². The van der Waals surface area contributed by atoms with Crippen molar-refractivity contribution in [2.45, 2.75) is 45.3 Å². The van der Waals surface area contributed by atoms with E-state index < -0.39 is 36.7 Å². The molecule has 2 atom stereocenters. The number of esters is 1. The molecule has 0 amide bonds. The van der Waals surface area contributed by atoms with Crippen LogP contribution in [0.2, 0.25) is 0 Å². The van der Waals surface area contributed by atoms with E-state index in [2.05, 4.69) is 4.74 Å². The van der Waals surface area contributed by atoms with Crippen LogP contribution < -0.4 is 0 Å². The predicted octanol–water partition coefficient (Wildman–Crippen LogP) is 2.48. The summed E-state index contributed by atoms with van der Waals surface area (Å²) < 4.78 is 40.1. The maximum Gasteiger partial charge on any atom is 0.511 e. The van der Waals surface area contributed by atoms with Gasteiger partial charge in [0.2, 0.25) is 5.92 Å². The molecule has 0 radical (unpaired) electrons. The van der Waals surface area contributed by atoms with Crippen LogP contribution in [-0.2, 0) is 19.0 Å². The molecular formula is C11H16F2O5. The molecule has 0 aromatic rings. The number of carbonyl (C=O) groups is 2. The number of rotatable bonds is 4. The molecule has 1 fully saturated rings. The maximum absolute atomic E-state index is 13.1. The van der Waals surface area contributed by atoms with Gasteiger partial charge in [0.15, 0.2) is 0 Å². The standard InChI is InChI=1S/C11H16F2O5/c1-3-16-10(15)18-9(17-7(2)14)8-4-5-11(12,13)6-8/h8-9H,3-6H2,1-2H3. The lowest BCUT2D eigenvalue weighted by Crippen LogP contribution is -2.31. The van der Waals surface area contributed by atoms with Crippen molar-refractivity contribution < 1.29 is 32.6 Å². The van der Waals surface area contributed by atoms with Crippen LogP contribution in [0, 0.1) is 5.92 Å². The van der Waals surface area contributed by atoms with Gasteiger partial charge in [-0.25, -0.2) is 13.6 Å². The third-order valence-electron chi connectivity index (χ3n) is 2.58. The minimum Gasteiger partial charge on any atom is -0.435 e. The molecule has 0 heterocycles. The Bertz CT molecular complexity index is 319. The summed E-state index contributed by atoms with van der Waals surface area (Å²) in [7, 11) is 0. The van der Waals surface area contributed by atoms with Gasteiger partial charge >= 0.3 is 12.1 Å². The van der Waals surface area contributed by atoms with E-state index >= 15 is 0 Å². The van der Waals surface area contributed by atoms with Gasteiger partial charge < -0.3 is 14.2 Å². The number of carbonyl (C=O) groups excluding carboxylic acids is 2. The summed E-state index contributed by atoms with van der Waals surface area (Å²) in [5, 5.41) is 0. The normalized spacial score (nSPS) is 23.2. The highest BCUT2D eigenvalue weighted by Crippen LogP contribution is 2.41. The van der Waals surface area contributed by atoms with Crippen molar-refractivity contribution in [2.75, 3.05) is 6.61 Å². The van der Waals surface area contributed by atoms with E-state index in [-0.39, 0.29) is 19.4 Å². The molecule has 1 aliphatic rings. The van der Waals surface area contributed by atoms with Crippen LogP contribution >= 0.6 is 0 Å². The molecule has 7 heteroatoms. The van der Waals surface area contributed by atoms with Gasteiger partial charge in [-0.2, -0.15) is 0 Å². The van der Waals surface area contributed by atoms with E-state index in [9.17, 15) is 18.4 Å². The Morgan fingerprint density at radius 3 is 2.50 bits per heavy atom. The summed E-state index contributed by atoms with van der Waals surface area (Å²) in [4.78, 5) is 22.0. The highest BCUT2D eigenvalue weighted by Gasteiger charge is 2.45. The number of hydrogen-bond donors (Lipinski definition) is 0. The van der Waals surface area contributed by atoms with Gasteiger partial charge in [-0.1, -0.05) is 0 Å². The molecule has 0 aliphatic heterocycles. The van der Waals surface area contributed by atoms with Crippen molar-refractivity contribution in [2.24, 2.45) is 5.92 Å². The van der Waals surface area contributed by atoms with Gasteiger partial charge in [-0.05, 0) is 13.3 Å². The molecule has 0 bridgehead atoms. The zero-order valence-electron chi connectivity index (χ0n) is 10.3. The van der Waals surface area contributed by atoms with Crippen LogP contribution in [0.15, 0.2) is 0 Å². The Kier molecular flexibility index (Phi) is 4.86. The number of alkyl halides is 2. The summed E-state index contributed by atoms with van der Waals surface area (Å²) >= 11 is 0. The Hall–Kier alpha value is -1.40. The molecule has 2 unspecified atom stereocenters. The van der Waals surface area contributed by atoms with Gasteiger partial charge in [-0.3, -0.25) is 4.79 Å². The second-order valence-electron chi connectivity index (χ2n) is 4.14. The topological polar surface area (TPSA) is 61.8 Å². The molecule has 5 nitrogen and oxygen atoms in total. The van der Waals surface area contributed by atoms with Crippen molar-refractivity contribution in [3.63, 3.8) is 0 Å². The summed E-state index contributed by atoms with van der Waals surface area (Å²) in [5.74, 6) is -4.20. The molecule has 0 spiro atoms. The first-order chi connectivity index (χ1) is 8.34. The van der Waals surface area contributed by atoms with Gasteiger partial charge in [0, 0.05) is 25.7 Å². The molecular weight excluding hydrogens is 250 g/mol. The first kappa shape index (κ1) is 14.7. The van der Waals surface area contributed by atoms with Gasteiger partial charge in [0.1, 0.15) is 0 Å². The number of hydrogen-bond acceptors (Lipinski definition) is 5. The van der Waals surface area contributed by atoms with E-state index in [1.807, 2.05) is 0 Å². The molecule has 104 valence electrons. The molecule has 18 heavy (non-hydrogen) atoms. The molecule has 0 saturated heterocycles. The quantitative estimate of drug-likeness (QED) is 0.578. The zero-order chi connectivity index (χ0) is 13.8. The summed E-state index contributed by atoms with van der Waals surface area (Å²) in [5.41, 5.74) is 0. The van der Waals surface area contributed by atoms with Crippen LogP contribution in [0.3, 0.4) is 0 Å². The van der Waals surface area contributed by atoms with Gasteiger partial charge in [0.25, 0.3) is 6.29 Å². The van der Waals surface area contributed by atoms with E-state index in [0.717, 1.165) is 6.92 Å². The highest BCUT2D eigenvalue weighted by atomic mass is 19.3. The fourth-order valence-corrected chi connectivity index (χ4v) is 1.84. The zero-order valence-corrected chi connectivity index (χ0v) is 10.3. The molecule has 1 rings (SSSR count). The second-order valence-corrected chi connectivity index (χ2v) is 4.14. The smallest absolute Gasteiger partial charge is 0.435 e. The lowest BCUT2D eigenvalue weighted by atomic mass is 10.1. The van der Waals surface area contributed by atoms with Crippen LogP contribution in [0.25, 0.3) is 0 Å². The number of halogens is 2. The molecule has 0 N–H and O–H groups in total. The Labute approximate surface area is 103 Å². The van der Waals surface area contributed by atoms with E-state index in [4.69, 9.17) is 9.47 Å². The largest absolute Gasteiger partial charge is 0.511 e. The van der Waals surface area contributed by atoms with E-state index in [1.54, 1.807) is 6.92 Å². The fourth-order valence-electron chi connectivity index (χ4n) is 1.84. The molecule has 0 aromatic carbocycles. The van der Waals surface area contributed by atoms with Crippen molar-refractivity contribution in [3.05, 3.63) is 0 Å². The molecule has 1 aliphatic carbocycles. The molecule has 1 saturated carbocycles. The monoisotopic (exact) mass is 266 g/mol. The first-order valence-electron chi connectivity index (χ1n) is 5.72. The second kappa shape index (κ2) is 5.97. The number of ether oxygens (including phenoxy) is 3. The summed E-state index contributed by atoms with van der Waals surface area (Å²) in [6.45, 7) is 2.78. The first-order valence-corrected chi connectivity index (χ1v) is 5.72. The average Bonchev–Trinajstić information content (AvgIpc) is 2.57. The van der Waals surface area contributed by atoms with Gasteiger partial charge in [-0.15, -0.1) is 0 Å². The average molecular weight is 266 g/mol.